The molecule has 8 heteroatoms. The van der Waals surface area contributed by atoms with Crippen LogP contribution in [-0.4, -0.2) is 37.6 Å². The summed E-state index contributed by atoms with van der Waals surface area (Å²) in [7, 11) is 0. The number of alkyl halides is 3. The molecule has 3 N–H and O–H groups in total. The number of carbonyl (C=O) groups is 1. The molecular weight excluding hydrogens is 321 g/mol. The van der Waals surface area contributed by atoms with Gasteiger partial charge in [-0.15, -0.1) is 0 Å². The first-order chi connectivity index (χ1) is 11.4. The minimum absolute atomic E-state index is 0.0628. The van der Waals surface area contributed by atoms with Crippen molar-refractivity contribution in [1.82, 2.24) is 16.2 Å². The molecule has 2 unspecified atom stereocenters. The molecule has 1 amide bonds. The fraction of sp³-hybridized carbons (Fsp3) is 0.562. The van der Waals surface area contributed by atoms with E-state index in [2.05, 4.69) is 16.2 Å². The van der Waals surface area contributed by atoms with Crippen molar-refractivity contribution >= 4 is 11.6 Å². The summed E-state index contributed by atoms with van der Waals surface area (Å²) in [6, 6.07) is 5.59. The van der Waals surface area contributed by atoms with Crippen LogP contribution in [0.2, 0.25) is 0 Å². The van der Waals surface area contributed by atoms with Crippen LogP contribution in [0.1, 0.15) is 24.8 Å². The van der Waals surface area contributed by atoms with Crippen LogP contribution in [0, 0.1) is 0 Å². The van der Waals surface area contributed by atoms with Gasteiger partial charge in [-0.2, -0.15) is 13.2 Å². The number of hydrogen-bond acceptors (Lipinski definition) is 4. The third-order valence-electron chi connectivity index (χ3n) is 4.46. The highest BCUT2D eigenvalue weighted by Gasteiger charge is 2.36. The first-order valence-electron chi connectivity index (χ1n) is 8.12. The van der Waals surface area contributed by atoms with Crippen molar-refractivity contribution in [2.75, 3.05) is 24.5 Å². The van der Waals surface area contributed by atoms with Gasteiger partial charge >= 0.3 is 6.18 Å². The summed E-state index contributed by atoms with van der Waals surface area (Å²) in [4.78, 5) is 13.7. The Kier molecular flexibility index (Phi) is 4.96. The smallest absolute Gasteiger partial charge is 0.369 e. The molecule has 0 aliphatic carbocycles. The second-order valence-corrected chi connectivity index (χ2v) is 6.27. The summed E-state index contributed by atoms with van der Waals surface area (Å²) < 4.78 is 39.4. The van der Waals surface area contributed by atoms with E-state index in [0.717, 1.165) is 19.0 Å². The van der Waals surface area contributed by atoms with E-state index in [1.54, 1.807) is 11.0 Å². The lowest BCUT2D eigenvalue weighted by atomic mass is 10.1. The molecule has 0 aromatic heterocycles. The van der Waals surface area contributed by atoms with Gasteiger partial charge in [-0.25, -0.2) is 0 Å². The minimum Gasteiger partial charge on any atom is -0.369 e. The summed E-state index contributed by atoms with van der Waals surface area (Å²) in [6.07, 6.45) is -2.46. The number of benzene rings is 1. The zero-order chi connectivity index (χ0) is 17.2. The van der Waals surface area contributed by atoms with E-state index in [-0.39, 0.29) is 23.7 Å². The van der Waals surface area contributed by atoms with Gasteiger partial charge in [0.2, 0.25) is 5.91 Å². The molecule has 2 aliphatic rings. The van der Waals surface area contributed by atoms with Crippen molar-refractivity contribution in [1.29, 1.82) is 0 Å². The molecule has 24 heavy (non-hydrogen) atoms. The summed E-state index contributed by atoms with van der Waals surface area (Å²) in [5.41, 5.74) is 5.56. The number of nitrogens with one attached hydrogen (secondary N) is 3. The number of carbonyl (C=O) groups excluding carboxylic acids is 1. The lowest BCUT2D eigenvalue weighted by Gasteiger charge is -2.23. The van der Waals surface area contributed by atoms with Gasteiger partial charge in [0.05, 0.1) is 5.56 Å². The van der Waals surface area contributed by atoms with Crippen LogP contribution in [-0.2, 0) is 11.0 Å². The third kappa shape index (κ3) is 3.99. The van der Waals surface area contributed by atoms with Gasteiger partial charge in [-0.05, 0) is 25.0 Å². The van der Waals surface area contributed by atoms with E-state index >= 15 is 0 Å². The molecule has 3 rings (SSSR count). The SMILES string of the molecule is O=C(CC1CCNN1)NC1CCN(c2ccccc2C(F)(F)F)C1. The Morgan fingerprint density at radius 1 is 1.29 bits per heavy atom. The molecule has 0 spiro atoms. The number of amides is 1. The Morgan fingerprint density at radius 2 is 2.08 bits per heavy atom. The number of nitrogens with zero attached hydrogens (tertiary/aromatic N) is 1. The van der Waals surface area contributed by atoms with Crippen LogP contribution in [0.3, 0.4) is 0 Å². The highest BCUT2D eigenvalue weighted by molar-refractivity contribution is 5.77. The molecule has 132 valence electrons. The molecule has 2 saturated heterocycles. The molecule has 1 aromatic carbocycles. The average Bonchev–Trinajstić information content (AvgIpc) is 3.18. The maximum absolute atomic E-state index is 13.1. The molecular formula is C16H21F3N4O. The fourth-order valence-corrected chi connectivity index (χ4v) is 3.28. The second kappa shape index (κ2) is 6.98. The Balaban J connectivity index is 1.58. The van der Waals surface area contributed by atoms with Crippen molar-refractivity contribution in [2.45, 2.75) is 37.5 Å². The maximum atomic E-state index is 13.1. The monoisotopic (exact) mass is 342 g/mol. The Morgan fingerprint density at radius 3 is 2.79 bits per heavy atom. The Labute approximate surface area is 138 Å². The summed E-state index contributed by atoms with van der Waals surface area (Å²) in [6.45, 7) is 1.74. The van der Waals surface area contributed by atoms with Crippen molar-refractivity contribution < 1.29 is 18.0 Å². The highest BCUT2D eigenvalue weighted by Crippen LogP contribution is 2.37. The molecule has 1 aromatic rings. The molecule has 5 nitrogen and oxygen atoms in total. The Bertz CT molecular complexity index is 587. The first kappa shape index (κ1) is 17.0. The zero-order valence-corrected chi connectivity index (χ0v) is 13.2. The molecule has 2 atom stereocenters. The van der Waals surface area contributed by atoms with Gasteiger partial charge in [0.25, 0.3) is 0 Å². The molecule has 2 aliphatic heterocycles. The van der Waals surface area contributed by atoms with Gasteiger partial charge in [0.1, 0.15) is 0 Å². The average molecular weight is 342 g/mol. The third-order valence-corrected chi connectivity index (χ3v) is 4.46. The second-order valence-electron chi connectivity index (χ2n) is 6.27. The standard InChI is InChI=1S/C16H21F3N4O/c17-16(18,19)13-3-1-2-4-14(13)23-8-6-12(10-23)21-15(24)9-11-5-7-20-22-11/h1-4,11-12,20,22H,5-10H2,(H,21,24). The molecule has 0 radical (unpaired) electrons. The van der Waals surface area contributed by atoms with E-state index in [0.29, 0.717) is 25.9 Å². The minimum atomic E-state index is -4.38. The zero-order valence-electron chi connectivity index (χ0n) is 13.2. The van der Waals surface area contributed by atoms with E-state index in [1.807, 2.05) is 0 Å². The normalized spacial score (nSPS) is 24.4. The topological polar surface area (TPSA) is 56.4 Å². The summed E-state index contributed by atoms with van der Waals surface area (Å²) in [5.74, 6) is -0.0628. The van der Waals surface area contributed by atoms with E-state index in [4.69, 9.17) is 0 Å². The highest BCUT2D eigenvalue weighted by atomic mass is 19.4. The predicted molar refractivity (Wildman–Crippen MR) is 84.4 cm³/mol. The van der Waals surface area contributed by atoms with Crippen LogP contribution in [0.4, 0.5) is 18.9 Å². The lowest BCUT2D eigenvalue weighted by molar-refractivity contribution is -0.137. The predicted octanol–water partition coefficient (Wildman–Crippen LogP) is 1.66. The van der Waals surface area contributed by atoms with Gasteiger partial charge in [-0.3, -0.25) is 15.6 Å². The molecule has 0 bridgehead atoms. The van der Waals surface area contributed by atoms with E-state index in [1.165, 1.54) is 12.1 Å². The van der Waals surface area contributed by atoms with Crippen LogP contribution in [0.5, 0.6) is 0 Å². The van der Waals surface area contributed by atoms with Crippen LogP contribution >= 0.6 is 0 Å². The number of rotatable bonds is 4. The quantitative estimate of drug-likeness (QED) is 0.779. The first-order valence-corrected chi connectivity index (χ1v) is 8.12. The largest absolute Gasteiger partial charge is 0.418 e. The number of hydrogen-bond donors (Lipinski definition) is 3. The lowest BCUT2D eigenvalue weighted by Crippen LogP contribution is -2.41. The van der Waals surface area contributed by atoms with Crippen molar-refractivity contribution in [3.63, 3.8) is 0 Å². The Hall–Kier alpha value is -1.80. The van der Waals surface area contributed by atoms with Gasteiger partial charge in [0.15, 0.2) is 0 Å². The van der Waals surface area contributed by atoms with Crippen molar-refractivity contribution in [3.8, 4) is 0 Å². The van der Waals surface area contributed by atoms with Crippen LogP contribution in [0.25, 0.3) is 0 Å². The number of hydrazine groups is 1. The number of halogens is 3. The molecule has 2 fully saturated rings. The van der Waals surface area contributed by atoms with Crippen molar-refractivity contribution in [2.24, 2.45) is 0 Å². The van der Waals surface area contributed by atoms with Gasteiger partial charge in [0, 0.05) is 43.8 Å². The summed E-state index contributed by atoms with van der Waals surface area (Å²) >= 11 is 0. The molecule has 2 heterocycles. The van der Waals surface area contributed by atoms with E-state index < -0.39 is 11.7 Å². The van der Waals surface area contributed by atoms with Crippen LogP contribution in [0.15, 0.2) is 24.3 Å². The number of anilines is 1. The van der Waals surface area contributed by atoms with Crippen LogP contribution < -0.4 is 21.1 Å². The van der Waals surface area contributed by atoms with Crippen molar-refractivity contribution in [3.05, 3.63) is 29.8 Å². The summed E-state index contributed by atoms with van der Waals surface area (Å²) in [5, 5.41) is 2.93. The number of para-hydroxylation sites is 1. The van der Waals surface area contributed by atoms with Gasteiger partial charge < -0.3 is 10.2 Å². The van der Waals surface area contributed by atoms with E-state index in [9.17, 15) is 18.0 Å². The maximum Gasteiger partial charge on any atom is 0.418 e. The fourth-order valence-electron chi connectivity index (χ4n) is 3.28. The molecule has 0 saturated carbocycles. The van der Waals surface area contributed by atoms with Gasteiger partial charge in [-0.1, -0.05) is 12.1 Å².